The van der Waals surface area contributed by atoms with Crippen LogP contribution in [0.25, 0.3) is 10.2 Å². The molecule has 226 valence electrons. The van der Waals surface area contributed by atoms with E-state index < -0.39 is 17.3 Å². The van der Waals surface area contributed by atoms with E-state index in [-0.39, 0.29) is 18.4 Å². The minimum Gasteiger partial charge on any atom is -0.755 e. The molecule has 0 spiro atoms. The number of thiazole rings is 1. The highest BCUT2D eigenvalue weighted by atomic mass is 32.2. The van der Waals surface area contributed by atoms with Crippen molar-refractivity contribution >= 4 is 44.4 Å². The second-order valence-electron chi connectivity index (χ2n) is 11.8. The number of benzene rings is 3. The maximum absolute atomic E-state index is 13.7. The van der Waals surface area contributed by atoms with Crippen LogP contribution in [0, 0.1) is 6.92 Å². The lowest BCUT2D eigenvalue weighted by Gasteiger charge is -2.35. The molecule has 3 unspecified atom stereocenters. The molecule has 0 radical (unpaired) electrons. The van der Waals surface area contributed by atoms with Gasteiger partial charge in [0, 0.05) is 23.9 Å². The van der Waals surface area contributed by atoms with E-state index in [0.29, 0.717) is 11.7 Å². The highest BCUT2D eigenvalue weighted by molar-refractivity contribution is 7.80. The molecule has 0 saturated heterocycles. The molecule has 6 rings (SSSR count). The Morgan fingerprint density at radius 2 is 1.86 bits per heavy atom. The first-order valence-electron chi connectivity index (χ1n) is 15.4. The molecule has 3 aromatic carbocycles. The molecule has 7 nitrogen and oxygen atoms in total. The van der Waals surface area contributed by atoms with Crippen molar-refractivity contribution in [3.63, 3.8) is 0 Å². The van der Waals surface area contributed by atoms with E-state index in [4.69, 9.17) is 0 Å². The van der Waals surface area contributed by atoms with Crippen LogP contribution in [0.15, 0.2) is 66.7 Å². The predicted molar refractivity (Wildman–Crippen MR) is 174 cm³/mol. The van der Waals surface area contributed by atoms with E-state index in [9.17, 15) is 13.6 Å². The van der Waals surface area contributed by atoms with Gasteiger partial charge in [-0.2, -0.15) is 0 Å². The highest BCUT2D eigenvalue weighted by Crippen LogP contribution is 2.35. The van der Waals surface area contributed by atoms with Crippen LogP contribution in [-0.4, -0.2) is 25.7 Å². The third-order valence-electron chi connectivity index (χ3n) is 8.80. The topological polar surface area (TPSA) is 97.4 Å². The van der Waals surface area contributed by atoms with Crippen LogP contribution in [0.4, 0.5) is 5.69 Å². The normalized spacial score (nSPS) is 18.6. The van der Waals surface area contributed by atoms with Crippen LogP contribution >= 0.6 is 11.3 Å². The Balaban J connectivity index is 1.20. The molecule has 1 saturated carbocycles. The van der Waals surface area contributed by atoms with Gasteiger partial charge in [0.1, 0.15) is 0 Å². The van der Waals surface area contributed by atoms with Crippen LogP contribution in [0.3, 0.4) is 0 Å². The molecule has 2 aliphatic carbocycles. The summed E-state index contributed by atoms with van der Waals surface area (Å²) >= 11 is -1.05. The van der Waals surface area contributed by atoms with Gasteiger partial charge in [-0.05, 0) is 79.5 Å². The van der Waals surface area contributed by atoms with E-state index in [0.717, 1.165) is 46.6 Å². The van der Waals surface area contributed by atoms with E-state index >= 15 is 0 Å². The lowest BCUT2D eigenvalue weighted by atomic mass is 9.86. The van der Waals surface area contributed by atoms with E-state index in [1.54, 1.807) is 23.5 Å². The van der Waals surface area contributed by atoms with Gasteiger partial charge in [0.25, 0.3) is 0 Å². The lowest BCUT2D eigenvalue weighted by Crippen LogP contribution is -2.37. The van der Waals surface area contributed by atoms with Gasteiger partial charge >= 0.3 is 0 Å². The van der Waals surface area contributed by atoms with Gasteiger partial charge in [0.15, 0.2) is 0 Å². The Hall–Kier alpha value is -3.11. The summed E-state index contributed by atoms with van der Waals surface area (Å²) in [5.41, 5.74) is 5.76. The van der Waals surface area contributed by atoms with Gasteiger partial charge in [0.2, 0.25) is 5.91 Å². The summed E-state index contributed by atoms with van der Waals surface area (Å²) in [6, 6.07) is 21.4. The number of carbonyl (C=O) groups is 1. The first kappa shape index (κ1) is 29.9. The summed E-state index contributed by atoms with van der Waals surface area (Å²) in [7, 11) is 0. The molecule has 43 heavy (non-hydrogen) atoms. The summed E-state index contributed by atoms with van der Waals surface area (Å²) < 4.78 is 27.8. The van der Waals surface area contributed by atoms with Crippen LogP contribution in [-0.2, 0) is 29.0 Å². The first-order chi connectivity index (χ1) is 20.9. The molecule has 3 atom stereocenters. The van der Waals surface area contributed by atoms with Crippen LogP contribution in [0.5, 0.6) is 0 Å². The molecule has 2 N–H and O–H groups in total. The fourth-order valence-corrected chi connectivity index (χ4v) is 8.17. The SMILES string of the molecule is Cc1nc2cc(N(C(CC(=O)NC3CCCc4cc(CNC5CCCCC5)ccc43)c3ccccc3)S(=O)[O-])ccc2s1. The van der Waals surface area contributed by atoms with Crippen molar-refractivity contribution in [2.45, 2.75) is 89.4 Å². The average molecular weight is 616 g/mol. The standard InChI is InChI=1S/C34H40N4O3S2/c1-23-36-31-20-28(16-18-33(31)42-23)38(43(40)41)32(25-9-4-2-5-10-25)21-34(39)37-30-14-8-11-26-19-24(15-17-29(26)30)22-35-27-12-6-3-7-13-27/h2,4-5,9-10,15-20,27,30,32,35H,3,6-8,11-14,21-22H2,1H3,(H,37,39)(H,40,41)/p-1. The summed E-state index contributed by atoms with van der Waals surface area (Å²) in [4.78, 5) is 18.2. The fourth-order valence-electron chi connectivity index (χ4n) is 6.67. The van der Waals surface area contributed by atoms with Crippen molar-refractivity contribution in [3.8, 4) is 0 Å². The Bertz CT molecular complexity index is 1590. The van der Waals surface area contributed by atoms with Crippen LogP contribution < -0.4 is 14.9 Å². The van der Waals surface area contributed by atoms with Crippen molar-refractivity contribution in [2.24, 2.45) is 0 Å². The summed E-state index contributed by atoms with van der Waals surface area (Å²) in [6.07, 6.45) is 9.39. The number of carbonyl (C=O) groups excluding carboxylic acids is 1. The number of hydrogen-bond acceptors (Lipinski definition) is 6. The van der Waals surface area contributed by atoms with E-state index in [2.05, 4.69) is 33.8 Å². The minimum atomic E-state index is -2.61. The van der Waals surface area contributed by atoms with E-state index in [1.165, 1.54) is 53.1 Å². The third-order valence-corrected chi connectivity index (χ3v) is 10.5. The molecule has 2 aliphatic rings. The molecule has 1 aromatic heterocycles. The van der Waals surface area contributed by atoms with Crippen molar-refractivity contribution < 1.29 is 13.6 Å². The monoisotopic (exact) mass is 615 g/mol. The number of rotatable bonds is 10. The average Bonchev–Trinajstić information content (AvgIpc) is 3.40. The molecular formula is C34H39N4O3S2-. The number of hydrogen-bond donors (Lipinski definition) is 2. The van der Waals surface area contributed by atoms with Gasteiger partial charge in [-0.1, -0.05) is 67.8 Å². The molecule has 0 aliphatic heterocycles. The number of fused-ring (bicyclic) bond motifs is 2. The maximum Gasteiger partial charge on any atom is 0.222 e. The molecule has 1 fully saturated rings. The summed E-state index contributed by atoms with van der Waals surface area (Å²) in [5.74, 6) is -0.171. The Kier molecular flexibility index (Phi) is 9.52. The number of aromatic nitrogens is 1. The van der Waals surface area contributed by atoms with Crippen molar-refractivity contribution in [2.75, 3.05) is 4.31 Å². The number of amides is 1. The lowest BCUT2D eigenvalue weighted by molar-refractivity contribution is -0.122. The zero-order valence-electron chi connectivity index (χ0n) is 24.6. The first-order valence-corrected chi connectivity index (χ1v) is 17.2. The summed E-state index contributed by atoms with van der Waals surface area (Å²) in [6.45, 7) is 2.81. The molecule has 1 amide bonds. The number of aryl methyl sites for hydroxylation is 2. The summed E-state index contributed by atoms with van der Waals surface area (Å²) in [5, 5.41) is 7.92. The third kappa shape index (κ3) is 7.17. The smallest absolute Gasteiger partial charge is 0.222 e. The Morgan fingerprint density at radius 1 is 1.05 bits per heavy atom. The largest absolute Gasteiger partial charge is 0.755 e. The van der Waals surface area contributed by atoms with Crippen LogP contribution in [0.2, 0.25) is 0 Å². The van der Waals surface area contributed by atoms with Gasteiger partial charge < -0.3 is 15.2 Å². The van der Waals surface area contributed by atoms with Gasteiger partial charge in [-0.25, -0.2) is 4.98 Å². The van der Waals surface area contributed by atoms with Gasteiger partial charge in [-0.15, -0.1) is 11.3 Å². The van der Waals surface area contributed by atoms with E-state index in [1.807, 2.05) is 43.3 Å². The molecular weight excluding hydrogens is 577 g/mol. The zero-order valence-corrected chi connectivity index (χ0v) is 26.2. The second-order valence-corrected chi connectivity index (χ2v) is 13.9. The van der Waals surface area contributed by atoms with Crippen molar-refractivity contribution in [1.29, 1.82) is 0 Å². The van der Waals surface area contributed by atoms with Gasteiger partial charge in [-0.3, -0.25) is 13.3 Å². The number of anilines is 1. The van der Waals surface area contributed by atoms with Crippen molar-refractivity contribution in [3.05, 3.63) is 94.0 Å². The molecule has 9 heteroatoms. The van der Waals surface area contributed by atoms with Crippen molar-refractivity contribution in [1.82, 2.24) is 15.6 Å². The number of nitrogens with one attached hydrogen (secondary N) is 2. The fraction of sp³-hybridized carbons (Fsp3) is 0.412. The molecule has 0 bridgehead atoms. The quantitative estimate of drug-likeness (QED) is 0.188. The minimum absolute atomic E-state index is 0.00134. The molecule has 1 heterocycles. The Morgan fingerprint density at radius 3 is 2.65 bits per heavy atom. The second kappa shape index (κ2) is 13.7. The number of nitrogens with zero attached hydrogens (tertiary/aromatic N) is 2. The van der Waals surface area contributed by atoms with Gasteiger partial charge in [0.05, 0.1) is 39.4 Å². The Labute approximate surface area is 260 Å². The van der Waals surface area contributed by atoms with Crippen LogP contribution in [0.1, 0.15) is 90.7 Å². The highest BCUT2D eigenvalue weighted by Gasteiger charge is 2.28. The maximum atomic E-state index is 13.7. The zero-order chi connectivity index (χ0) is 29.8. The predicted octanol–water partition coefficient (Wildman–Crippen LogP) is 6.95. The molecule has 4 aromatic rings.